The van der Waals surface area contributed by atoms with Crippen LogP contribution in [0.3, 0.4) is 0 Å². The molecule has 6 nitrogen and oxygen atoms in total. The summed E-state index contributed by atoms with van der Waals surface area (Å²) in [5.74, 6) is -0.0119. The van der Waals surface area contributed by atoms with E-state index < -0.39 is 4.92 Å². The van der Waals surface area contributed by atoms with Crippen molar-refractivity contribution in [3.63, 3.8) is 0 Å². The molecule has 2 rings (SSSR count). The monoisotopic (exact) mass is 221 g/mol. The topological polar surface area (TPSA) is 84.3 Å². The number of carbonyl (C=O) groups is 1. The second-order valence-electron chi connectivity index (χ2n) is 3.55. The van der Waals surface area contributed by atoms with Crippen LogP contribution in [0.15, 0.2) is 24.3 Å². The molecule has 16 heavy (non-hydrogen) atoms. The summed E-state index contributed by atoms with van der Waals surface area (Å²) in [6.07, 6.45) is 0.214. The van der Waals surface area contributed by atoms with E-state index in [2.05, 4.69) is 10.6 Å². The summed E-state index contributed by atoms with van der Waals surface area (Å²) >= 11 is 0. The Morgan fingerprint density at radius 3 is 2.56 bits per heavy atom. The molecule has 84 valence electrons. The number of non-ortho nitro benzene ring substituents is 1. The van der Waals surface area contributed by atoms with Crippen LogP contribution < -0.4 is 10.6 Å². The fraction of sp³-hybridized carbons (Fsp3) is 0.300. The lowest BCUT2D eigenvalue weighted by atomic mass is 10.1. The number of carbonyl (C=O) groups excluding carboxylic acids is 1. The van der Waals surface area contributed by atoms with Crippen molar-refractivity contribution in [3.8, 4) is 0 Å². The molecular weight excluding hydrogens is 210 g/mol. The molecule has 0 saturated carbocycles. The molecule has 1 aromatic rings. The lowest BCUT2D eigenvalue weighted by Gasteiger charge is -2.24. The Bertz CT molecular complexity index is 416. The Morgan fingerprint density at radius 2 is 2.00 bits per heavy atom. The molecule has 2 N–H and O–H groups in total. The Labute approximate surface area is 91.8 Å². The van der Waals surface area contributed by atoms with Crippen LogP contribution in [-0.4, -0.2) is 17.4 Å². The number of amides is 1. The van der Waals surface area contributed by atoms with Crippen LogP contribution in [0.4, 0.5) is 5.69 Å². The van der Waals surface area contributed by atoms with E-state index in [1.807, 2.05) is 0 Å². The summed E-state index contributed by atoms with van der Waals surface area (Å²) < 4.78 is 0. The molecule has 1 atom stereocenters. The van der Waals surface area contributed by atoms with E-state index >= 15 is 0 Å². The minimum Gasteiger partial charge on any atom is -0.337 e. The fourth-order valence-electron chi connectivity index (χ4n) is 1.60. The first-order valence-electron chi connectivity index (χ1n) is 4.94. The molecule has 0 aromatic heterocycles. The van der Waals surface area contributed by atoms with Crippen LogP contribution in [0.25, 0.3) is 0 Å². The standard InChI is InChI=1S/C10H11N3O3/c14-9-5-6-11-10(12-9)7-1-3-8(4-2-7)13(15)16/h1-4,10-11H,5-6H2,(H,12,14)/t10-/m1/s1. The van der Waals surface area contributed by atoms with E-state index in [0.717, 1.165) is 5.56 Å². The third-order valence-corrected chi connectivity index (χ3v) is 2.44. The molecule has 1 heterocycles. The fourth-order valence-corrected chi connectivity index (χ4v) is 1.60. The number of nitrogens with one attached hydrogen (secondary N) is 2. The van der Waals surface area contributed by atoms with E-state index in [0.29, 0.717) is 13.0 Å². The maximum Gasteiger partial charge on any atom is 0.269 e. The Balaban J connectivity index is 2.14. The van der Waals surface area contributed by atoms with Crippen molar-refractivity contribution in [2.75, 3.05) is 6.54 Å². The quantitative estimate of drug-likeness (QED) is 0.568. The van der Waals surface area contributed by atoms with Crippen LogP contribution in [0, 0.1) is 10.1 Å². The van der Waals surface area contributed by atoms with Crippen molar-refractivity contribution in [2.24, 2.45) is 0 Å². The summed E-state index contributed by atoms with van der Waals surface area (Å²) in [6.45, 7) is 0.619. The summed E-state index contributed by atoms with van der Waals surface area (Å²) in [6, 6.07) is 6.14. The van der Waals surface area contributed by atoms with Gasteiger partial charge in [0.25, 0.3) is 5.69 Å². The summed E-state index contributed by atoms with van der Waals surface area (Å²) in [5.41, 5.74) is 0.865. The molecule has 1 amide bonds. The van der Waals surface area contributed by atoms with Gasteiger partial charge in [0.1, 0.15) is 6.17 Å². The van der Waals surface area contributed by atoms with Crippen molar-refractivity contribution < 1.29 is 9.72 Å². The van der Waals surface area contributed by atoms with E-state index in [1.54, 1.807) is 12.1 Å². The molecule has 0 radical (unpaired) electrons. The Hall–Kier alpha value is -1.95. The van der Waals surface area contributed by atoms with Gasteiger partial charge in [-0.25, -0.2) is 0 Å². The van der Waals surface area contributed by atoms with Gasteiger partial charge in [-0.15, -0.1) is 0 Å². The predicted molar refractivity (Wildman–Crippen MR) is 56.6 cm³/mol. The highest BCUT2D eigenvalue weighted by molar-refractivity contribution is 5.77. The van der Waals surface area contributed by atoms with E-state index in [-0.39, 0.29) is 17.8 Å². The summed E-state index contributed by atoms with van der Waals surface area (Å²) in [4.78, 5) is 21.2. The van der Waals surface area contributed by atoms with Gasteiger partial charge in [-0.2, -0.15) is 0 Å². The average Bonchev–Trinajstić information content (AvgIpc) is 2.29. The zero-order chi connectivity index (χ0) is 11.5. The largest absolute Gasteiger partial charge is 0.337 e. The molecule has 1 saturated heterocycles. The Morgan fingerprint density at radius 1 is 1.31 bits per heavy atom. The molecule has 1 aromatic carbocycles. The normalized spacial score (nSPS) is 20.2. The highest BCUT2D eigenvalue weighted by Gasteiger charge is 2.19. The SMILES string of the molecule is O=C1CCN[C@@H](c2ccc([N+](=O)[O-])cc2)N1. The first kappa shape index (κ1) is 10.6. The lowest BCUT2D eigenvalue weighted by molar-refractivity contribution is -0.384. The number of rotatable bonds is 2. The number of hydrogen-bond donors (Lipinski definition) is 2. The minimum absolute atomic E-state index is 0.0119. The van der Waals surface area contributed by atoms with Crippen LogP contribution in [-0.2, 0) is 4.79 Å². The van der Waals surface area contributed by atoms with Gasteiger partial charge in [-0.3, -0.25) is 20.2 Å². The van der Waals surface area contributed by atoms with Crippen molar-refractivity contribution in [1.29, 1.82) is 0 Å². The highest BCUT2D eigenvalue weighted by atomic mass is 16.6. The molecule has 0 bridgehead atoms. The van der Waals surface area contributed by atoms with Crippen LogP contribution in [0.2, 0.25) is 0 Å². The van der Waals surface area contributed by atoms with Crippen LogP contribution >= 0.6 is 0 Å². The van der Waals surface area contributed by atoms with Gasteiger partial charge in [0.05, 0.1) is 4.92 Å². The number of nitrogens with zero attached hydrogens (tertiary/aromatic N) is 1. The van der Waals surface area contributed by atoms with Gasteiger partial charge >= 0.3 is 0 Å². The zero-order valence-corrected chi connectivity index (χ0v) is 8.47. The maximum atomic E-state index is 11.2. The summed E-state index contributed by atoms with van der Waals surface area (Å²) in [7, 11) is 0. The first-order valence-corrected chi connectivity index (χ1v) is 4.94. The van der Waals surface area contributed by atoms with Crippen molar-refractivity contribution in [2.45, 2.75) is 12.6 Å². The van der Waals surface area contributed by atoms with Crippen molar-refractivity contribution >= 4 is 11.6 Å². The first-order chi connectivity index (χ1) is 7.66. The molecule has 1 aliphatic rings. The van der Waals surface area contributed by atoms with Gasteiger partial charge in [-0.1, -0.05) is 0 Å². The molecule has 6 heteroatoms. The second-order valence-corrected chi connectivity index (χ2v) is 3.55. The minimum atomic E-state index is -0.448. The van der Waals surface area contributed by atoms with Gasteiger partial charge < -0.3 is 5.32 Å². The van der Waals surface area contributed by atoms with Gasteiger partial charge in [0, 0.05) is 25.1 Å². The lowest BCUT2D eigenvalue weighted by Crippen LogP contribution is -2.44. The smallest absolute Gasteiger partial charge is 0.269 e. The molecular formula is C10H11N3O3. The second kappa shape index (κ2) is 4.28. The van der Waals surface area contributed by atoms with Crippen LogP contribution in [0.5, 0.6) is 0 Å². The molecule has 1 fully saturated rings. The maximum absolute atomic E-state index is 11.2. The van der Waals surface area contributed by atoms with E-state index in [1.165, 1.54) is 12.1 Å². The van der Waals surface area contributed by atoms with Gasteiger partial charge in [0.2, 0.25) is 5.91 Å². The van der Waals surface area contributed by atoms with Crippen LogP contribution in [0.1, 0.15) is 18.2 Å². The predicted octanol–water partition coefficient (Wildman–Crippen LogP) is 0.703. The van der Waals surface area contributed by atoms with E-state index in [4.69, 9.17) is 0 Å². The van der Waals surface area contributed by atoms with Gasteiger partial charge in [0.15, 0.2) is 0 Å². The Kier molecular flexibility index (Phi) is 2.82. The van der Waals surface area contributed by atoms with Crippen molar-refractivity contribution in [3.05, 3.63) is 39.9 Å². The van der Waals surface area contributed by atoms with E-state index in [9.17, 15) is 14.9 Å². The van der Waals surface area contributed by atoms with Crippen molar-refractivity contribution in [1.82, 2.24) is 10.6 Å². The number of nitro groups is 1. The number of hydrogen-bond acceptors (Lipinski definition) is 4. The van der Waals surface area contributed by atoms with Gasteiger partial charge in [-0.05, 0) is 17.7 Å². The summed E-state index contributed by atoms with van der Waals surface area (Å²) in [5, 5.41) is 16.3. The zero-order valence-electron chi connectivity index (χ0n) is 8.47. The highest BCUT2D eigenvalue weighted by Crippen LogP contribution is 2.17. The molecule has 0 unspecified atom stereocenters. The third kappa shape index (κ3) is 2.17. The average molecular weight is 221 g/mol. The molecule has 0 aliphatic carbocycles. The third-order valence-electron chi connectivity index (χ3n) is 2.44. The number of nitro benzene ring substituents is 1. The molecule has 1 aliphatic heterocycles. The molecule has 0 spiro atoms. The number of benzene rings is 1.